The van der Waals surface area contributed by atoms with Crippen LogP contribution in [0.5, 0.6) is 5.75 Å². The lowest BCUT2D eigenvalue weighted by molar-refractivity contribution is 0.147. The zero-order chi connectivity index (χ0) is 18.8. The molecule has 1 saturated carbocycles. The molecule has 7 nitrogen and oxygen atoms in total. The fourth-order valence-corrected chi connectivity index (χ4v) is 3.10. The Morgan fingerprint density at radius 3 is 2.52 bits per heavy atom. The number of carbonyl (C=O) groups is 1. The van der Waals surface area contributed by atoms with Gasteiger partial charge in [-0.05, 0) is 48.6 Å². The SMILES string of the molecule is N#Cc1ccc(N2CCN(C(=O)Oc3ccc(C4CC4)cc3F)CC2)nn1. The van der Waals surface area contributed by atoms with E-state index in [2.05, 4.69) is 10.2 Å². The van der Waals surface area contributed by atoms with E-state index in [1.807, 2.05) is 17.0 Å². The first kappa shape index (κ1) is 17.2. The van der Waals surface area contributed by atoms with Crippen LogP contribution in [0.3, 0.4) is 0 Å². The molecule has 4 rings (SSSR count). The van der Waals surface area contributed by atoms with E-state index in [1.54, 1.807) is 17.0 Å². The van der Waals surface area contributed by atoms with E-state index < -0.39 is 11.9 Å². The van der Waals surface area contributed by atoms with E-state index in [4.69, 9.17) is 10.00 Å². The van der Waals surface area contributed by atoms with Gasteiger partial charge in [0, 0.05) is 26.2 Å². The maximum Gasteiger partial charge on any atom is 0.415 e. The molecule has 2 aliphatic rings. The van der Waals surface area contributed by atoms with Crippen LogP contribution in [0.25, 0.3) is 0 Å². The van der Waals surface area contributed by atoms with Gasteiger partial charge >= 0.3 is 6.09 Å². The largest absolute Gasteiger partial charge is 0.415 e. The standard InChI is InChI=1S/C19H18FN5O2/c20-16-11-14(13-1-2-13)3-5-17(16)27-19(26)25-9-7-24(8-10-25)18-6-4-15(12-21)22-23-18/h3-6,11,13H,1-2,7-10H2. The minimum atomic E-state index is -0.557. The lowest BCUT2D eigenvalue weighted by atomic mass is 10.1. The molecule has 0 spiro atoms. The molecule has 2 aromatic rings. The normalized spacial score (nSPS) is 16.7. The Bertz CT molecular complexity index is 884. The molecular formula is C19H18FN5O2. The Balaban J connectivity index is 1.33. The molecule has 1 aliphatic heterocycles. The molecule has 0 atom stereocenters. The fraction of sp³-hybridized carbons (Fsp3) is 0.368. The van der Waals surface area contributed by atoms with E-state index >= 15 is 0 Å². The molecule has 1 saturated heterocycles. The van der Waals surface area contributed by atoms with Crippen LogP contribution in [0.4, 0.5) is 15.0 Å². The number of amides is 1. The molecule has 2 fully saturated rings. The summed E-state index contributed by atoms with van der Waals surface area (Å²) in [5.74, 6) is 0.565. The monoisotopic (exact) mass is 367 g/mol. The van der Waals surface area contributed by atoms with E-state index in [0.717, 1.165) is 18.4 Å². The van der Waals surface area contributed by atoms with Crippen LogP contribution in [0.15, 0.2) is 30.3 Å². The minimum Gasteiger partial charge on any atom is -0.407 e. The van der Waals surface area contributed by atoms with Crippen molar-refractivity contribution < 1.29 is 13.9 Å². The van der Waals surface area contributed by atoms with E-state index in [9.17, 15) is 9.18 Å². The topological polar surface area (TPSA) is 82.4 Å². The summed E-state index contributed by atoms with van der Waals surface area (Å²) in [6, 6.07) is 10.1. The van der Waals surface area contributed by atoms with Crippen LogP contribution < -0.4 is 9.64 Å². The number of piperazine rings is 1. The van der Waals surface area contributed by atoms with Crippen molar-refractivity contribution >= 4 is 11.9 Å². The average molecular weight is 367 g/mol. The Kier molecular flexibility index (Phi) is 4.59. The van der Waals surface area contributed by atoms with Gasteiger partial charge in [-0.15, -0.1) is 10.2 Å². The van der Waals surface area contributed by atoms with Gasteiger partial charge in [-0.1, -0.05) is 6.07 Å². The molecule has 138 valence electrons. The number of rotatable bonds is 3. The van der Waals surface area contributed by atoms with E-state index in [-0.39, 0.29) is 11.4 Å². The number of aromatic nitrogens is 2. The molecule has 0 bridgehead atoms. The average Bonchev–Trinajstić information content (AvgIpc) is 3.55. The molecule has 8 heteroatoms. The van der Waals surface area contributed by atoms with Crippen molar-refractivity contribution in [2.75, 3.05) is 31.1 Å². The van der Waals surface area contributed by atoms with Crippen molar-refractivity contribution in [3.05, 3.63) is 47.4 Å². The number of hydrogen-bond acceptors (Lipinski definition) is 6. The summed E-state index contributed by atoms with van der Waals surface area (Å²) in [5, 5.41) is 16.6. The van der Waals surface area contributed by atoms with Gasteiger partial charge in [0.2, 0.25) is 0 Å². The summed E-state index contributed by atoms with van der Waals surface area (Å²) in [6.45, 7) is 1.97. The molecular weight excluding hydrogens is 349 g/mol. The minimum absolute atomic E-state index is 0.0372. The van der Waals surface area contributed by atoms with Crippen LogP contribution in [0.1, 0.15) is 30.0 Å². The number of hydrogen-bond donors (Lipinski definition) is 0. The summed E-state index contributed by atoms with van der Waals surface area (Å²) < 4.78 is 19.4. The predicted octanol–water partition coefficient (Wildman–Crippen LogP) is 2.69. The molecule has 0 radical (unpaired) electrons. The number of anilines is 1. The second-order valence-corrected chi connectivity index (χ2v) is 6.69. The molecule has 2 heterocycles. The lowest BCUT2D eigenvalue weighted by Crippen LogP contribution is -2.50. The lowest BCUT2D eigenvalue weighted by Gasteiger charge is -2.34. The first-order chi connectivity index (χ1) is 13.1. The summed E-state index contributed by atoms with van der Waals surface area (Å²) in [6.07, 6.45) is 1.62. The van der Waals surface area contributed by atoms with Crippen LogP contribution >= 0.6 is 0 Å². The number of benzene rings is 1. The van der Waals surface area contributed by atoms with Crippen LogP contribution in [-0.2, 0) is 0 Å². The zero-order valence-electron chi connectivity index (χ0n) is 14.6. The third-order valence-electron chi connectivity index (χ3n) is 4.83. The first-order valence-corrected chi connectivity index (χ1v) is 8.89. The summed E-state index contributed by atoms with van der Waals surface area (Å²) in [7, 11) is 0. The maximum absolute atomic E-state index is 14.2. The molecule has 0 unspecified atom stereocenters. The van der Waals surface area contributed by atoms with Crippen LogP contribution in [0, 0.1) is 17.1 Å². The van der Waals surface area contributed by atoms with Crippen molar-refractivity contribution in [1.29, 1.82) is 5.26 Å². The third kappa shape index (κ3) is 3.82. The van der Waals surface area contributed by atoms with Gasteiger partial charge in [-0.25, -0.2) is 9.18 Å². The van der Waals surface area contributed by atoms with Gasteiger partial charge in [0.1, 0.15) is 6.07 Å². The molecule has 1 aliphatic carbocycles. The van der Waals surface area contributed by atoms with Crippen molar-refractivity contribution in [2.45, 2.75) is 18.8 Å². The van der Waals surface area contributed by atoms with Gasteiger partial charge < -0.3 is 14.5 Å². The highest BCUT2D eigenvalue weighted by molar-refractivity contribution is 5.71. The third-order valence-corrected chi connectivity index (χ3v) is 4.83. The second kappa shape index (κ2) is 7.19. The van der Waals surface area contributed by atoms with Gasteiger partial charge in [0.25, 0.3) is 0 Å². The Hall–Kier alpha value is -3.21. The van der Waals surface area contributed by atoms with Crippen molar-refractivity contribution in [2.24, 2.45) is 0 Å². The Labute approximate surface area is 156 Å². The highest BCUT2D eigenvalue weighted by Crippen LogP contribution is 2.41. The molecule has 1 aromatic heterocycles. The van der Waals surface area contributed by atoms with Gasteiger partial charge in [-0.3, -0.25) is 0 Å². The summed E-state index contributed by atoms with van der Waals surface area (Å²) in [5.41, 5.74) is 1.22. The van der Waals surface area contributed by atoms with Gasteiger partial charge in [-0.2, -0.15) is 5.26 Å². The van der Waals surface area contributed by atoms with Crippen LogP contribution in [0.2, 0.25) is 0 Å². The number of carbonyl (C=O) groups excluding carboxylic acids is 1. The second-order valence-electron chi connectivity index (χ2n) is 6.69. The van der Waals surface area contributed by atoms with Crippen molar-refractivity contribution in [3.63, 3.8) is 0 Å². The maximum atomic E-state index is 14.2. The summed E-state index contributed by atoms with van der Waals surface area (Å²) in [4.78, 5) is 15.9. The number of nitriles is 1. The molecule has 27 heavy (non-hydrogen) atoms. The Morgan fingerprint density at radius 2 is 1.93 bits per heavy atom. The fourth-order valence-electron chi connectivity index (χ4n) is 3.10. The van der Waals surface area contributed by atoms with Crippen LogP contribution in [-0.4, -0.2) is 47.4 Å². The first-order valence-electron chi connectivity index (χ1n) is 8.89. The number of ether oxygens (including phenoxy) is 1. The quantitative estimate of drug-likeness (QED) is 0.830. The van der Waals surface area contributed by atoms with Gasteiger partial charge in [0.15, 0.2) is 23.1 Å². The molecule has 1 aromatic carbocycles. The number of nitrogens with zero attached hydrogens (tertiary/aromatic N) is 5. The van der Waals surface area contributed by atoms with E-state index in [1.165, 1.54) is 12.1 Å². The summed E-state index contributed by atoms with van der Waals surface area (Å²) >= 11 is 0. The predicted molar refractivity (Wildman–Crippen MR) is 94.9 cm³/mol. The highest BCUT2D eigenvalue weighted by Gasteiger charge is 2.26. The van der Waals surface area contributed by atoms with Gasteiger partial charge in [0.05, 0.1) is 0 Å². The smallest absolute Gasteiger partial charge is 0.407 e. The molecule has 1 amide bonds. The van der Waals surface area contributed by atoms with E-state index in [0.29, 0.717) is 37.9 Å². The Morgan fingerprint density at radius 1 is 1.15 bits per heavy atom. The van der Waals surface area contributed by atoms with Crippen molar-refractivity contribution in [3.8, 4) is 11.8 Å². The zero-order valence-corrected chi connectivity index (χ0v) is 14.6. The molecule has 0 N–H and O–H groups in total. The highest BCUT2D eigenvalue weighted by atomic mass is 19.1. The number of halogens is 1. The van der Waals surface area contributed by atoms with Crippen molar-refractivity contribution in [1.82, 2.24) is 15.1 Å².